The number of esters is 1. The third-order valence-electron chi connectivity index (χ3n) is 2.76. The van der Waals surface area contributed by atoms with Gasteiger partial charge in [0, 0.05) is 13.1 Å². The van der Waals surface area contributed by atoms with Crippen LogP contribution in [-0.4, -0.2) is 114 Å². The number of carboxylic acid groups (broad SMARTS) is 3. The Morgan fingerprint density at radius 1 is 0.750 bits per heavy atom. The maximum atomic E-state index is 11.4. The summed E-state index contributed by atoms with van der Waals surface area (Å²) in [6.45, 7) is -1.68. The SMILES string of the molecule is N.NCCOCCN.O=C(O)C[N+](CC(=O)O)(CC(=O)O)CC(=O)OCCO. The highest BCUT2D eigenvalue weighted by molar-refractivity contribution is 5.76. The molecule has 14 nitrogen and oxygen atoms in total. The van der Waals surface area contributed by atoms with Gasteiger partial charge in [-0.05, 0) is 0 Å². The fraction of sp³-hybridized carbons (Fsp3) is 0.714. The van der Waals surface area contributed by atoms with Crippen molar-refractivity contribution in [2.75, 3.05) is 65.7 Å². The molecule has 0 rings (SSSR count). The molecule has 0 atom stereocenters. The number of rotatable bonds is 14. The summed E-state index contributed by atoms with van der Waals surface area (Å²) in [5.74, 6) is -5.31. The second kappa shape index (κ2) is 18.0. The zero-order valence-electron chi connectivity index (χ0n) is 15.6. The Morgan fingerprint density at radius 2 is 1.14 bits per heavy atom. The van der Waals surface area contributed by atoms with Crippen LogP contribution < -0.4 is 17.6 Å². The Morgan fingerprint density at radius 3 is 1.43 bits per heavy atom. The number of carbonyl (C=O) groups is 4. The molecule has 0 aliphatic rings. The molecule has 0 aromatic rings. The molecule has 0 aromatic carbocycles. The minimum absolute atomic E-state index is 0. The summed E-state index contributed by atoms with van der Waals surface area (Å²) in [6, 6.07) is 0. The van der Waals surface area contributed by atoms with Crippen LogP contribution in [0, 0.1) is 0 Å². The lowest BCUT2D eigenvalue weighted by Gasteiger charge is -2.32. The molecule has 0 spiro atoms. The lowest BCUT2D eigenvalue weighted by Crippen LogP contribution is -2.59. The van der Waals surface area contributed by atoms with Gasteiger partial charge in [0.1, 0.15) is 6.61 Å². The van der Waals surface area contributed by atoms with Crippen molar-refractivity contribution < 1.29 is 53.6 Å². The molecule has 0 amide bonds. The molecule has 0 aliphatic heterocycles. The highest BCUT2D eigenvalue weighted by Gasteiger charge is 2.38. The molecule has 0 bridgehead atoms. The van der Waals surface area contributed by atoms with Crippen LogP contribution in [-0.2, 0) is 28.7 Å². The number of carbonyl (C=O) groups excluding carboxylic acids is 1. The van der Waals surface area contributed by atoms with Crippen LogP contribution in [0.15, 0.2) is 0 Å². The number of nitrogens with two attached hydrogens (primary N) is 2. The Labute approximate surface area is 161 Å². The van der Waals surface area contributed by atoms with Crippen molar-refractivity contribution in [1.29, 1.82) is 0 Å². The third kappa shape index (κ3) is 18.4. The summed E-state index contributed by atoms with van der Waals surface area (Å²) >= 11 is 0. The Bertz CT molecular complexity index is 430. The number of quaternary nitrogens is 1. The van der Waals surface area contributed by atoms with Gasteiger partial charge < -0.3 is 47.5 Å². The molecule has 0 unspecified atom stereocenters. The number of hydrogen-bond donors (Lipinski definition) is 7. The summed E-state index contributed by atoms with van der Waals surface area (Å²) in [5.41, 5.74) is 10.2. The molecule has 0 saturated heterocycles. The van der Waals surface area contributed by atoms with Gasteiger partial charge in [0.15, 0.2) is 26.2 Å². The minimum Gasteiger partial charge on any atom is -0.477 e. The van der Waals surface area contributed by atoms with Crippen LogP contribution in [0.5, 0.6) is 0 Å². The third-order valence-corrected chi connectivity index (χ3v) is 2.76. The first kappa shape index (κ1) is 30.4. The minimum atomic E-state index is -1.44. The van der Waals surface area contributed by atoms with Crippen molar-refractivity contribution in [1.82, 2.24) is 6.15 Å². The van der Waals surface area contributed by atoms with Gasteiger partial charge in [-0.2, -0.15) is 0 Å². The van der Waals surface area contributed by atoms with E-state index in [0.29, 0.717) is 26.3 Å². The fourth-order valence-corrected chi connectivity index (χ4v) is 1.94. The van der Waals surface area contributed by atoms with E-state index in [4.69, 9.17) is 36.6 Å². The van der Waals surface area contributed by atoms with Crippen molar-refractivity contribution >= 4 is 23.9 Å². The monoisotopic (exact) mass is 415 g/mol. The summed E-state index contributed by atoms with van der Waals surface area (Å²) in [5, 5.41) is 34.8. The highest BCUT2D eigenvalue weighted by Crippen LogP contribution is 2.08. The van der Waals surface area contributed by atoms with Crippen LogP contribution in [0.2, 0.25) is 0 Å². The van der Waals surface area contributed by atoms with Crippen LogP contribution in [0.25, 0.3) is 0 Å². The average Bonchev–Trinajstić information content (AvgIpc) is 2.51. The number of aliphatic hydroxyl groups is 1. The van der Waals surface area contributed by atoms with Crippen LogP contribution in [0.4, 0.5) is 0 Å². The molecule has 0 radical (unpaired) electrons. The number of nitrogens with zero attached hydrogens (tertiary/aromatic N) is 1. The first-order chi connectivity index (χ1) is 12.6. The quantitative estimate of drug-likeness (QED) is 0.0833. The average molecular weight is 415 g/mol. The van der Waals surface area contributed by atoms with E-state index < -0.39 is 61.1 Å². The number of aliphatic hydroxyl groups excluding tert-OH is 1. The Balaban J connectivity index is -0.000000665. The predicted octanol–water partition coefficient (Wildman–Crippen LogP) is -3.33. The zero-order chi connectivity index (χ0) is 21.3. The maximum Gasteiger partial charge on any atom is 0.361 e. The largest absolute Gasteiger partial charge is 0.477 e. The number of carboxylic acids is 3. The van der Waals surface area contributed by atoms with Gasteiger partial charge in [-0.1, -0.05) is 0 Å². The van der Waals surface area contributed by atoms with Crippen molar-refractivity contribution in [3.63, 3.8) is 0 Å². The second-order valence-electron chi connectivity index (χ2n) is 5.29. The number of hydrogen-bond acceptors (Lipinski definition) is 10. The van der Waals surface area contributed by atoms with Gasteiger partial charge in [-0.25, -0.2) is 19.2 Å². The molecule has 28 heavy (non-hydrogen) atoms. The van der Waals surface area contributed by atoms with E-state index in [2.05, 4.69) is 4.74 Å². The van der Waals surface area contributed by atoms with E-state index in [1.807, 2.05) is 0 Å². The van der Waals surface area contributed by atoms with Crippen molar-refractivity contribution in [2.24, 2.45) is 11.5 Å². The summed E-state index contributed by atoms with van der Waals surface area (Å²) in [7, 11) is 0. The van der Waals surface area contributed by atoms with Gasteiger partial charge in [0.25, 0.3) is 0 Å². The Kier molecular flexibility index (Phi) is 19.6. The molecule has 0 aliphatic carbocycles. The fourth-order valence-electron chi connectivity index (χ4n) is 1.94. The van der Waals surface area contributed by atoms with Crippen LogP contribution in [0.1, 0.15) is 0 Å². The molecular formula is C14H31N4O10+. The van der Waals surface area contributed by atoms with Crippen molar-refractivity contribution in [2.45, 2.75) is 0 Å². The van der Waals surface area contributed by atoms with E-state index in [1.165, 1.54) is 0 Å². The first-order valence-corrected chi connectivity index (χ1v) is 7.87. The van der Waals surface area contributed by atoms with E-state index in [-0.39, 0.29) is 12.8 Å². The van der Waals surface area contributed by atoms with Gasteiger partial charge in [0.2, 0.25) is 0 Å². The van der Waals surface area contributed by atoms with E-state index >= 15 is 0 Å². The molecule has 0 aromatic heterocycles. The second-order valence-corrected chi connectivity index (χ2v) is 5.29. The van der Waals surface area contributed by atoms with Crippen LogP contribution in [0.3, 0.4) is 0 Å². The summed E-state index contributed by atoms with van der Waals surface area (Å²) < 4.78 is 8.38. The Hall–Kier alpha value is -2.36. The smallest absolute Gasteiger partial charge is 0.361 e. The van der Waals surface area contributed by atoms with Crippen molar-refractivity contribution in [3.05, 3.63) is 0 Å². The topological polar surface area (TPSA) is 255 Å². The van der Waals surface area contributed by atoms with E-state index in [0.717, 1.165) is 0 Å². The number of aliphatic carboxylic acids is 3. The lowest BCUT2D eigenvalue weighted by atomic mass is 10.3. The highest BCUT2D eigenvalue weighted by atomic mass is 16.5. The standard InChI is InChI=1S/C10H15NO9.C4H12N2O.H3N/c12-1-2-20-10(19)6-11(3-7(13)14,4-8(15)16)5-9(17)18;5-1-3-7-4-2-6;/h12H,1-6H2,(H2-,13,14,15,16,17,18);1-6H2;1H3/p+1. The molecule has 0 fully saturated rings. The molecule has 11 N–H and O–H groups in total. The van der Waals surface area contributed by atoms with E-state index in [9.17, 15) is 19.2 Å². The molecule has 0 saturated carbocycles. The molecular weight excluding hydrogens is 384 g/mol. The van der Waals surface area contributed by atoms with Crippen molar-refractivity contribution in [3.8, 4) is 0 Å². The normalized spacial score (nSPS) is 10.1. The van der Waals surface area contributed by atoms with Gasteiger partial charge in [-0.15, -0.1) is 0 Å². The number of ether oxygens (including phenoxy) is 2. The van der Waals surface area contributed by atoms with Gasteiger partial charge in [0.05, 0.1) is 19.8 Å². The maximum absolute atomic E-state index is 11.4. The predicted molar refractivity (Wildman–Crippen MR) is 94.6 cm³/mol. The lowest BCUT2D eigenvalue weighted by molar-refractivity contribution is -0.900. The van der Waals surface area contributed by atoms with Gasteiger partial charge >= 0.3 is 23.9 Å². The molecule has 0 heterocycles. The van der Waals surface area contributed by atoms with Crippen LogP contribution >= 0.6 is 0 Å². The van der Waals surface area contributed by atoms with E-state index in [1.54, 1.807) is 0 Å². The molecule has 14 heteroatoms. The van der Waals surface area contributed by atoms with Gasteiger partial charge in [-0.3, -0.25) is 4.48 Å². The molecule has 166 valence electrons. The zero-order valence-corrected chi connectivity index (χ0v) is 15.6. The summed E-state index contributed by atoms with van der Waals surface area (Å²) in [4.78, 5) is 43.8. The summed E-state index contributed by atoms with van der Waals surface area (Å²) in [6.07, 6.45) is 0. The first-order valence-electron chi connectivity index (χ1n) is 7.87.